The van der Waals surface area contributed by atoms with Crippen molar-refractivity contribution in [1.82, 2.24) is 25.2 Å². The van der Waals surface area contributed by atoms with Crippen molar-refractivity contribution in [2.24, 2.45) is 0 Å². The molecule has 0 saturated carbocycles. The van der Waals surface area contributed by atoms with Crippen LogP contribution in [-0.4, -0.2) is 45.5 Å². The zero-order valence-corrected chi connectivity index (χ0v) is 15.6. The number of likely N-dealkylation sites (tertiary alicyclic amines) is 1. The second kappa shape index (κ2) is 8.00. The molecule has 7 heteroatoms. The number of fused-ring (bicyclic) bond motifs is 1. The van der Waals surface area contributed by atoms with Gasteiger partial charge >= 0.3 is 0 Å². The summed E-state index contributed by atoms with van der Waals surface area (Å²) in [5.74, 6) is 1.09. The van der Waals surface area contributed by atoms with E-state index >= 15 is 0 Å². The summed E-state index contributed by atoms with van der Waals surface area (Å²) in [5.41, 5.74) is 2.77. The fraction of sp³-hybridized carbons (Fsp3) is 0.500. The molecule has 1 saturated heterocycles. The summed E-state index contributed by atoms with van der Waals surface area (Å²) in [6.07, 6.45) is 7.41. The molecule has 4 heterocycles. The van der Waals surface area contributed by atoms with Crippen LogP contribution >= 0.6 is 0 Å². The van der Waals surface area contributed by atoms with E-state index in [1.165, 1.54) is 0 Å². The smallest absolute Gasteiger partial charge is 0.259 e. The number of nitrogens with one attached hydrogen (secondary N) is 1. The number of rotatable bonds is 4. The predicted molar refractivity (Wildman–Crippen MR) is 100 cm³/mol. The zero-order chi connectivity index (χ0) is 18.6. The van der Waals surface area contributed by atoms with Gasteiger partial charge in [0, 0.05) is 49.7 Å². The molecule has 1 unspecified atom stereocenters. The lowest BCUT2D eigenvalue weighted by molar-refractivity contribution is 0.0594. The van der Waals surface area contributed by atoms with Crippen LogP contribution in [0.25, 0.3) is 0 Å². The Morgan fingerprint density at radius 1 is 1.37 bits per heavy atom. The first-order valence-corrected chi connectivity index (χ1v) is 9.72. The fourth-order valence-electron chi connectivity index (χ4n) is 3.82. The second-order valence-corrected chi connectivity index (χ2v) is 6.93. The van der Waals surface area contributed by atoms with Crippen molar-refractivity contribution >= 4 is 5.91 Å². The first-order chi connectivity index (χ1) is 13.3. The van der Waals surface area contributed by atoms with Crippen molar-refractivity contribution < 1.29 is 9.53 Å². The van der Waals surface area contributed by atoms with Gasteiger partial charge in [-0.1, -0.05) is 0 Å². The molecule has 2 aliphatic heterocycles. The Morgan fingerprint density at radius 3 is 3.19 bits per heavy atom. The van der Waals surface area contributed by atoms with E-state index in [1.807, 2.05) is 18.0 Å². The molecule has 0 bridgehead atoms. The number of nitrogens with zero attached hydrogens (tertiary/aromatic N) is 4. The Balaban J connectivity index is 1.64. The van der Waals surface area contributed by atoms with Crippen molar-refractivity contribution in [1.29, 1.82) is 0 Å². The summed E-state index contributed by atoms with van der Waals surface area (Å²) in [5, 5.41) is 3.34. The van der Waals surface area contributed by atoms with Crippen LogP contribution in [0.3, 0.4) is 0 Å². The molecule has 1 amide bonds. The average Bonchev–Trinajstić information content (AvgIpc) is 2.73. The molecule has 0 aromatic carbocycles. The highest BCUT2D eigenvalue weighted by molar-refractivity contribution is 5.96. The van der Waals surface area contributed by atoms with Crippen molar-refractivity contribution in [2.75, 3.05) is 19.7 Å². The maximum absolute atomic E-state index is 13.3. The van der Waals surface area contributed by atoms with Crippen molar-refractivity contribution in [3.8, 4) is 5.88 Å². The van der Waals surface area contributed by atoms with Gasteiger partial charge in [0.15, 0.2) is 5.82 Å². The molecule has 2 aromatic heterocycles. The van der Waals surface area contributed by atoms with Crippen molar-refractivity contribution in [3.05, 3.63) is 47.2 Å². The average molecular weight is 367 g/mol. The minimum Gasteiger partial charge on any atom is -0.477 e. The third kappa shape index (κ3) is 3.64. The SMILES string of the molecule is CCOc1ncccc1C(=O)N1CCCCC1c1ncc2c(n1)CCNC2. The van der Waals surface area contributed by atoms with E-state index in [1.54, 1.807) is 18.3 Å². The monoisotopic (exact) mass is 367 g/mol. The van der Waals surface area contributed by atoms with E-state index in [-0.39, 0.29) is 11.9 Å². The van der Waals surface area contributed by atoms with Crippen LogP contribution in [0.1, 0.15) is 59.7 Å². The topological polar surface area (TPSA) is 80.2 Å². The fourth-order valence-corrected chi connectivity index (χ4v) is 3.82. The first-order valence-electron chi connectivity index (χ1n) is 9.72. The van der Waals surface area contributed by atoms with Gasteiger partial charge in [0.2, 0.25) is 5.88 Å². The lowest BCUT2D eigenvalue weighted by atomic mass is 9.99. The van der Waals surface area contributed by atoms with Crippen LogP contribution < -0.4 is 10.1 Å². The van der Waals surface area contributed by atoms with Crippen LogP contribution in [0, 0.1) is 0 Å². The Labute approximate surface area is 159 Å². The van der Waals surface area contributed by atoms with E-state index in [2.05, 4.69) is 15.3 Å². The summed E-state index contributed by atoms with van der Waals surface area (Å²) in [6.45, 7) is 4.82. The van der Waals surface area contributed by atoms with E-state index in [0.717, 1.165) is 55.9 Å². The normalized spacial score (nSPS) is 19.4. The minimum absolute atomic E-state index is 0.0563. The summed E-state index contributed by atoms with van der Waals surface area (Å²) >= 11 is 0. The highest BCUT2D eigenvalue weighted by atomic mass is 16.5. The maximum atomic E-state index is 13.3. The number of carbonyl (C=O) groups excluding carboxylic acids is 1. The molecule has 0 radical (unpaired) electrons. The molecule has 1 atom stereocenters. The molecule has 27 heavy (non-hydrogen) atoms. The molecular weight excluding hydrogens is 342 g/mol. The number of hydrogen-bond donors (Lipinski definition) is 1. The summed E-state index contributed by atoms with van der Waals surface area (Å²) in [6, 6.07) is 3.46. The van der Waals surface area contributed by atoms with Gasteiger partial charge in [0.25, 0.3) is 5.91 Å². The number of hydrogen-bond acceptors (Lipinski definition) is 6. The maximum Gasteiger partial charge on any atom is 0.259 e. The largest absolute Gasteiger partial charge is 0.477 e. The van der Waals surface area contributed by atoms with E-state index < -0.39 is 0 Å². The van der Waals surface area contributed by atoms with Crippen molar-refractivity contribution in [2.45, 2.75) is 45.2 Å². The lowest BCUT2D eigenvalue weighted by Crippen LogP contribution is -2.40. The van der Waals surface area contributed by atoms with Gasteiger partial charge in [-0.25, -0.2) is 15.0 Å². The Hall–Kier alpha value is -2.54. The quantitative estimate of drug-likeness (QED) is 0.893. The van der Waals surface area contributed by atoms with Gasteiger partial charge < -0.3 is 15.0 Å². The highest BCUT2D eigenvalue weighted by Crippen LogP contribution is 2.32. The highest BCUT2D eigenvalue weighted by Gasteiger charge is 2.32. The van der Waals surface area contributed by atoms with Crippen LogP contribution in [0.5, 0.6) is 5.88 Å². The van der Waals surface area contributed by atoms with Crippen molar-refractivity contribution in [3.63, 3.8) is 0 Å². The molecule has 142 valence electrons. The van der Waals surface area contributed by atoms with Gasteiger partial charge in [-0.05, 0) is 38.3 Å². The van der Waals surface area contributed by atoms with E-state index in [0.29, 0.717) is 24.6 Å². The molecule has 4 rings (SSSR count). The van der Waals surface area contributed by atoms with Gasteiger partial charge in [-0.2, -0.15) is 0 Å². The van der Waals surface area contributed by atoms with Crippen LogP contribution in [-0.2, 0) is 13.0 Å². The number of piperidine rings is 1. The molecule has 0 aliphatic carbocycles. The molecule has 2 aliphatic rings. The molecule has 2 aromatic rings. The third-order valence-electron chi connectivity index (χ3n) is 5.17. The van der Waals surface area contributed by atoms with Crippen LogP contribution in [0.4, 0.5) is 0 Å². The number of aromatic nitrogens is 3. The molecular formula is C20H25N5O2. The van der Waals surface area contributed by atoms with Gasteiger partial charge in [0.05, 0.1) is 12.6 Å². The predicted octanol–water partition coefficient (Wildman–Crippen LogP) is 2.28. The Kier molecular flexibility index (Phi) is 5.29. The number of amides is 1. The molecule has 1 fully saturated rings. The minimum atomic E-state index is -0.0962. The summed E-state index contributed by atoms with van der Waals surface area (Å²) < 4.78 is 5.57. The van der Waals surface area contributed by atoms with Crippen LogP contribution in [0.2, 0.25) is 0 Å². The van der Waals surface area contributed by atoms with E-state index in [9.17, 15) is 4.79 Å². The van der Waals surface area contributed by atoms with Gasteiger partial charge in [-0.15, -0.1) is 0 Å². The van der Waals surface area contributed by atoms with Crippen LogP contribution in [0.15, 0.2) is 24.5 Å². The molecule has 1 N–H and O–H groups in total. The summed E-state index contributed by atoms with van der Waals surface area (Å²) in [7, 11) is 0. The van der Waals surface area contributed by atoms with Gasteiger partial charge in [0.1, 0.15) is 5.56 Å². The first kappa shape index (κ1) is 17.9. The Bertz CT molecular complexity index is 826. The lowest BCUT2D eigenvalue weighted by Gasteiger charge is -2.35. The standard InChI is InChI=1S/C20H25N5O2/c1-2-27-19-15(6-5-9-22-19)20(26)25-11-4-3-7-17(25)18-23-13-14-12-21-10-8-16(14)24-18/h5-6,9,13,17,21H,2-4,7-8,10-12H2,1H3. The van der Waals surface area contributed by atoms with Gasteiger partial charge in [-0.3, -0.25) is 4.79 Å². The summed E-state index contributed by atoms with van der Waals surface area (Å²) in [4.78, 5) is 28.9. The van der Waals surface area contributed by atoms with E-state index in [4.69, 9.17) is 9.72 Å². The zero-order valence-electron chi connectivity index (χ0n) is 15.6. The number of carbonyl (C=O) groups is 1. The third-order valence-corrected chi connectivity index (χ3v) is 5.17. The second-order valence-electron chi connectivity index (χ2n) is 6.93. The number of pyridine rings is 1. The Morgan fingerprint density at radius 2 is 2.30 bits per heavy atom. The molecule has 7 nitrogen and oxygen atoms in total. The number of ether oxygens (including phenoxy) is 1. The molecule has 0 spiro atoms.